The highest BCUT2D eigenvalue weighted by molar-refractivity contribution is 7.92. The van der Waals surface area contributed by atoms with Gasteiger partial charge in [0.05, 0.1) is 10.1 Å². The average molecular weight is 212 g/mol. The number of sulfone groups is 1. The molecule has 1 N–H and O–H groups in total. The molecule has 0 amide bonds. The maximum absolute atomic E-state index is 11.7. The number of hydrogen-bond donors (Lipinski definition) is 0. The number of nitrogens with one attached hydrogen (secondary N) is 1. The smallest absolute Gasteiger partial charge is 0.180 e. The summed E-state index contributed by atoms with van der Waals surface area (Å²) in [5, 5.41) is -0.399. The van der Waals surface area contributed by atoms with E-state index in [-0.39, 0.29) is 6.54 Å². The molecule has 0 unspecified atom stereocenters. The van der Waals surface area contributed by atoms with Crippen LogP contribution in [0.15, 0.2) is 29.2 Å². The maximum atomic E-state index is 11.7. The molecule has 1 aromatic carbocycles. The molecule has 0 spiro atoms. The lowest BCUT2D eigenvalue weighted by atomic mass is 10.2. The Bertz CT molecular complexity index is 393. The van der Waals surface area contributed by atoms with Gasteiger partial charge in [-0.25, -0.2) is 8.42 Å². The SMILES string of the molecule is CC(C)S(=O)(=O)c1ccc(C[NH])cc1. The molecule has 0 bridgehead atoms. The van der Waals surface area contributed by atoms with Gasteiger partial charge in [-0.15, -0.1) is 0 Å². The van der Waals surface area contributed by atoms with Gasteiger partial charge in [-0.05, 0) is 31.5 Å². The Morgan fingerprint density at radius 2 is 1.71 bits per heavy atom. The molecule has 0 aliphatic rings. The predicted octanol–water partition coefficient (Wildman–Crippen LogP) is 1.65. The molecule has 1 rings (SSSR count). The fraction of sp³-hybridized carbons (Fsp3) is 0.400. The summed E-state index contributed by atoms with van der Waals surface area (Å²) in [7, 11) is -3.16. The number of hydrogen-bond acceptors (Lipinski definition) is 2. The van der Waals surface area contributed by atoms with Gasteiger partial charge in [0.2, 0.25) is 0 Å². The number of rotatable bonds is 3. The molecule has 14 heavy (non-hydrogen) atoms. The highest BCUT2D eigenvalue weighted by Crippen LogP contribution is 2.16. The van der Waals surface area contributed by atoms with Crippen molar-refractivity contribution in [2.24, 2.45) is 0 Å². The molecule has 4 heteroatoms. The summed E-state index contributed by atoms with van der Waals surface area (Å²) in [5.74, 6) is 0. The third-order valence-electron chi connectivity index (χ3n) is 2.08. The molecule has 0 aliphatic carbocycles. The van der Waals surface area contributed by atoms with Crippen LogP contribution in [0.1, 0.15) is 19.4 Å². The van der Waals surface area contributed by atoms with Crippen LogP contribution in [0.5, 0.6) is 0 Å². The van der Waals surface area contributed by atoms with Crippen LogP contribution in [0.3, 0.4) is 0 Å². The van der Waals surface area contributed by atoms with Gasteiger partial charge < -0.3 is 0 Å². The first-order valence-electron chi connectivity index (χ1n) is 4.46. The summed E-state index contributed by atoms with van der Waals surface area (Å²) >= 11 is 0. The summed E-state index contributed by atoms with van der Waals surface area (Å²) in [4.78, 5) is 0.338. The highest BCUT2D eigenvalue weighted by Gasteiger charge is 2.18. The first-order valence-corrected chi connectivity index (χ1v) is 6.00. The van der Waals surface area contributed by atoms with Crippen molar-refractivity contribution in [1.29, 1.82) is 0 Å². The minimum atomic E-state index is -3.16. The lowest BCUT2D eigenvalue weighted by Gasteiger charge is -2.07. The van der Waals surface area contributed by atoms with E-state index in [1.54, 1.807) is 38.1 Å². The van der Waals surface area contributed by atoms with Gasteiger partial charge in [0, 0.05) is 6.54 Å². The monoisotopic (exact) mass is 212 g/mol. The van der Waals surface area contributed by atoms with Crippen molar-refractivity contribution in [3.05, 3.63) is 29.8 Å². The van der Waals surface area contributed by atoms with E-state index in [1.807, 2.05) is 0 Å². The quantitative estimate of drug-likeness (QED) is 0.765. The average Bonchev–Trinajstić information content (AvgIpc) is 2.17. The van der Waals surface area contributed by atoms with Gasteiger partial charge in [-0.3, -0.25) is 5.73 Å². The van der Waals surface area contributed by atoms with Gasteiger partial charge >= 0.3 is 0 Å². The number of benzene rings is 1. The first kappa shape index (κ1) is 11.2. The molecule has 1 aromatic rings. The van der Waals surface area contributed by atoms with Crippen LogP contribution in [0.25, 0.3) is 0 Å². The minimum Gasteiger partial charge on any atom is -0.253 e. The molecular formula is C10H14NO2S. The predicted molar refractivity (Wildman–Crippen MR) is 55.6 cm³/mol. The van der Waals surface area contributed by atoms with Crippen LogP contribution < -0.4 is 5.73 Å². The van der Waals surface area contributed by atoms with E-state index in [1.165, 1.54) is 0 Å². The van der Waals surface area contributed by atoms with Gasteiger partial charge in [-0.2, -0.15) is 0 Å². The summed E-state index contributed by atoms with van der Waals surface area (Å²) < 4.78 is 23.4. The van der Waals surface area contributed by atoms with Gasteiger partial charge in [-0.1, -0.05) is 12.1 Å². The molecule has 0 fully saturated rings. The zero-order valence-corrected chi connectivity index (χ0v) is 9.14. The van der Waals surface area contributed by atoms with Crippen LogP contribution in [-0.2, 0) is 16.4 Å². The third kappa shape index (κ3) is 2.13. The topological polar surface area (TPSA) is 57.9 Å². The molecule has 3 nitrogen and oxygen atoms in total. The van der Waals surface area contributed by atoms with Crippen LogP contribution in [-0.4, -0.2) is 13.7 Å². The van der Waals surface area contributed by atoms with Crippen molar-refractivity contribution < 1.29 is 8.42 Å². The van der Waals surface area contributed by atoms with E-state index >= 15 is 0 Å². The maximum Gasteiger partial charge on any atom is 0.180 e. The van der Waals surface area contributed by atoms with Gasteiger partial charge in [0.1, 0.15) is 0 Å². The third-order valence-corrected chi connectivity index (χ3v) is 4.25. The van der Waals surface area contributed by atoms with Crippen LogP contribution in [0.4, 0.5) is 0 Å². The Morgan fingerprint density at radius 3 is 2.07 bits per heavy atom. The zero-order chi connectivity index (χ0) is 10.8. The zero-order valence-electron chi connectivity index (χ0n) is 8.32. The second kappa shape index (κ2) is 4.11. The van der Waals surface area contributed by atoms with Crippen molar-refractivity contribution in [1.82, 2.24) is 5.73 Å². The molecule has 0 saturated carbocycles. The lowest BCUT2D eigenvalue weighted by molar-refractivity contribution is 0.587. The van der Waals surface area contributed by atoms with Crippen molar-refractivity contribution in [3.8, 4) is 0 Å². The lowest BCUT2D eigenvalue weighted by Crippen LogP contribution is -2.13. The second-order valence-corrected chi connectivity index (χ2v) is 5.92. The van der Waals surface area contributed by atoms with E-state index in [4.69, 9.17) is 5.73 Å². The molecule has 0 aromatic heterocycles. The van der Waals surface area contributed by atoms with Crippen molar-refractivity contribution in [2.45, 2.75) is 30.5 Å². The van der Waals surface area contributed by atoms with E-state index in [0.29, 0.717) is 4.90 Å². The normalized spacial score (nSPS) is 12.0. The Kier molecular flexibility index (Phi) is 3.29. The van der Waals surface area contributed by atoms with Gasteiger partial charge in [0.25, 0.3) is 0 Å². The summed E-state index contributed by atoms with van der Waals surface area (Å²) in [5.41, 5.74) is 7.93. The van der Waals surface area contributed by atoms with Crippen molar-refractivity contribution in [3.63, 3.8) is 0 Å². The summed E-state index contributed by atoms with van der Waals surface area (Å²) in [6.07, 6.45) is 0. The van der Waals surface area contributed by atoms with Gasteiger partial charge in [0.15, 0.2) is 9.84 Å². The standard InChI is InChI=1S/C10H14NO2S/c1-8(2)14(12,13)10-5-3-9(7-11)4-6-10/h3-6,8,11H,7H2,1-2H3. The Morgan fingerprint density at radius 1 is 1.21 bits per heavy atom. The summed E-state index contributed by atoms with van der Waals surface area (Å²) in [6.45, 7) is 3.50. The van der Waals surface area contributed by atoms with E-state index < -0.39 is 15.1 Å². The Hall–Kier alpha value is -0.870. The van der Waals surface area contributed by atoms with Crippen LogP contribution in [0.2, 0.25) is 0 Å². The van der Waals surface area contributed by atoms with Crippen molar-refractivity contribution >= 4 is 9.84 Å². The largest absolute Gasteiger partial charge is 0.253 e. The van der Waals surface area contributed by atoms with Crippen LogP contribution >= 0.6 is 0 Å². The fourth-order valence-electron chi connectivity index (χ4n) is 1.07. The highest BCUT2D eigenvalue weighted by atomic mass is 32.2. The van der Waals surface area contributed by atoms with Crippen molar-refractivity contribution in [2.75, 3.05) is 0 Å². The second-order valence-electron chi connectivity index (χ2n) is 3.41. The molecule has 0 saturated heterocycles. The molecule has 77 valence electrons. The molecular weight excluding hydrogens is 198 g/mol. The first-order chi connectivity index (χ1) is 6.48. The summed E-state index contributed by atoms with van der Waals surface area (Å²) in [6, 6.07) is 6.50. The van der Waals surface area contributed by atoms with E-state index in [0.717, 1.165) is 5.56 Å². The molecule has 0 aliphatic heterocycles. The fourth-order valence-corrected chi connectivity index (χ4v) is 2.13. The molecule has 1 radical (unpaired) electrons. The molecule has 0 heterocycles. The van der Waals surface area contributed by atoms with Crippen LogP contribution in [0, 0.1) is 0 Å². The molecule has 0 atom stereocenters. The minimum absolute atomic E-state index is 0.183. The van der Waals surface area contributed by atoms with E-state index in [2.05, 4.69) is 0 Å². The van der Waals surface area contributed by atoms with E-state index in [9.17, 15) is 8.42 Å². The Balaban J connectivity index is 3.10. The Labute approximate surface area is 84.9 Å².